The van der Waals surface area contributed by atoms with E-state index in [9.17, 15) is 14.7 Å². The quantitative estimate of drug-likeness (QED) is 0.389. The van der Waals surface area contributed by atoms with Crippen LogP contribution >= 0.6 is 0 Å². The van der Waals surface area contributed by atoms with E-state index >= 15 is 0 Å². The zero-order chi connectivity index (χ0) is 24.9. The fraction of sp³-hybridized carbons (Fsp3) is 0.414. The van der Waals surface area contributed by atoms with Gasteiger partial charge in [0.05, 0.1) is 29.5 Å². The fourth-order valence-corrected chi connectivity index (χ4v) is 7.25. The van der Waals surface area contributed by atoms with Crippen molar-refractivity contribution in [1.82, 2.24) is 9.99 Å². The van der Waals surface area contributed by atoms with E-state index < -0.39 is 0 Å². The standard InChI is InChI=1S/C29H31N3O4/c1-2-36-22-9-7-21(8-10-22)32-26(33)24-6-4-3-5-23(24)25(27(32)34)17-30-31-28(35)29-14-18-11-19(15-29)13-20(12-18)16-29/h3-10,17-20,34H,2,11-16H2,1H3,(H,31,35)/b30-17+. The van der Waals surface area contributed by atoms with Crippen molar-refractivity contribution in [2.24, 2.45) is 28.3 Å². The predicted molar refractivity (Wildman–Crippen MR) is 139 cm³/mol. The zero-order valence-corrected chi connectivity index (χ0v) is 20.4. The smallest absolute Gasteiger partial charge is 0.265 e. The molecule has 7 heteroatoms. The average molecular weight is 486 g/mol. The number of ether oxygens (including phenoxy) is 1. The molecule has 36 heavy (non-hydrogen) atoms. The number of nitrogens with one attached hydrogen (secondary N) is 1. The SMILES string of the molecule is CCOc1ccc(-n2c(O)c(/C=N/NC(=O)C34CC5CC(CC(C5)C3)C4)c3ccccc3c2=O)cc1. The van der Waals surface area contributed by atoms with E-state index in [1.54, 1.807) is 42.5 Å². The molecule has 186 valence electrons. The number of carbonyl (C=O) groups excluding carboxylic acids is 1. The summed E-state index contributed by atoms with van der Waals surface area (Å²) < 4.78 is 6.77. The fourth-order valence-electron chi connectivity index (χ4n) is 7.25. The van der Waals surface area contributed by atoms with Crippen molar-refractivity contribution in [2.45, 2.75) is 45.4 Å². The molecule has 7 nitrogen and oxygen atoms in total. The molecule has 1 aromatic heterocycles. The number of nitrogens with zero attached hydrogens (tertiary/aromatic N) is 2. The monoisotopic (exact) mass is 485 g/mol. The molecule has 3 aromatic rings. The van der Waals surface area contributed by atoms with Crippen LogP contribution in [0.3, 0.4) is 0 Å². The van der Waals surface area contributed by atoms with E-state index in [1.165, 1.54) is 30.0 Å². The van der Waals surface area contributed by atoms with Gasteiger partial charge in [-0.25, -0.2) is 9.99 Å². The number of hydrogen-bond donors (Lipinski definition) is 2. The number of amides is 1. The molecule has 2 N–H and O–H groups in total. The van der Waals surface area contributed by atoms with Crippen LogP contribution in [0.25, 0.3) is 16.5 Å². The number of hydrazone groups is 1. The van der Waals surface area contributed by atoms with Crippen molar-refractivity contribution < 1.29 is 14.6 Å². The number of benzene rings is 2. The second-order valence-corrected chi connectivity index (χ2v) is 10.7. The third-order valence-corrected chi connectivity index (χ3v) is 8.39. The lowest BCUT2D eigenvalue weighted by molar-refractivity contribution is -0.146. The van der Waals surface area contributed by atoms with E-state index in [4.69, 9.17) is 4.74 Å². The van der Waals surface area contributed by atoms with Crippen LogP contribution in [0.2, 0.25) is 0 Å². The molecule has 4 fully saturated rings. The molecule has 0 spiro atoms. The highest BCUT2D eigenvalue weighted by Crippen LogP contribution is 2.60. The van der Waals surface area contributed by atoms with Crippen molar-refractivity contribution in [3.63, 3.8) is 0 Å². The van der Waals surface area contributed by atoms with E-state index in [0.717, 1.165) is 19.3 Å². The Labute approximate surface area is 209 Å². The molecular formula is C29H31N3O4. The van der Waals surface area contributed by atoms with Crippen molar-refractivity contribution in [2.75, 3.05) is 6.61 Å². The van der Waals surface area contributed by atoms with E-state index in [-0.39, 0.29) is 22.8 Å². The van der Waals surface area contributed by atoms with Gasteiger partial charge in [-0.05, 0) is 93.5 Å². The lowest BCUT2D eigenvalue weighted by atomic mass is 9.49. The summed E-state index contributed by atoms with van der Waals surface area (Å²) in [4.78, 5) is 26.6. The molecule has 0 atom stereocenters. The first-order chi connectivity index (χ1) is 17.5. The summed E-state index contributed by atoms with van der Waals surface area (Å²) in [5, 5.41) is 16.5. The van der Waals surface area contributed by atoms with Gasteiger partial charge in [-0.3, -0.25) is 9.59 Å². The first-order valence-corrected chi connectivity index (χ1v) is 12.9. The number of fused-ring (bicyclic) bond motifs is 1. The molecule has 1 heterocycles. The zero-order valence-electron chi connectivity index (χ0n) is 20.4. The van der Waals surface area contributed by atoms with Crippen molar-refractivity contribution in [3.05, 3.63) is 64.4 Å². The van der Waals surface area contributed by atoms with Crippen LogP contribution < -0.4 is 15.7 Å². The van der Waals surface area contributed by atoms with Crippen molar-refractivity contribution in [3.8, 4) is 17.3 Å². The topological polar surface area (TPSA) is 92.9 Å². The van der Waals surface area contributed by atoms with Gasteiger partial charge in [-0.2, -0.15) is 5.10 Å². The van der Waals surface area contributed by atoms with Crippen LogP contribution in [0.5, 0.6) is 11.6 Å². The minimum Gasteiger partial charge on any atom is -0.494 e. The van der Waals surface area contributed by atoms with Crippen LogP contribution in [0.4, 0.5) is 0 Å². The van der Waals surface area contributed by atoms with E-state index in [2.05, 4.69) is 10.5 Å². The number of hydrogen-bond acceptors (Lipinski definition) is 5. The minimum absolute atomic E-state index is 0.0125. The summed E-state index contributed by atoms with van der Waals surface area (Å²) >= 11 is 0. The molecule has 4 saturated carbocycles. The molecular weight excluding hydrogens is 454 g/mol. The largest absolute Gasteiger partial charge is 0.494 e. The van der Waals surface area contributed by atoms with Crippen LogP contribution in [0, 0.1) is 23.2 Å². The van der Waals surface area contributed by atoms with Gasteiger partial charge < -0.3 is 9.84 Å². The summed E-state index contributed by atoms with van der Waals surface area (Å²) in [7, 11) is 0. The van der Waals surface area contributed by atoms with Gasteiger partial charge in [0, 0.05) is 10.8 Å². The third-order valence-electron chi connectivity index (χ3n) is 8.39. The molecule has 4 bridgehead atoms. The highest BCUT2D eigenvalue weighted by molar-refractivity contribution is 6.02. The average Bonchev–Trinajstić information content (AvgIpc) is 2.86. The lowest BCUT2D eigenvalue weighted by Gasteiger charge is -2.55. The molecule has 0 unspecified atom stereocenters. The highest BCUT2D eigenvalue weighted by Gasteiger charge is 2.54. The Kier molecular flexibility index (Phi) is 5.58. The number of carbonyl (C=O) groups is 1. The minimum atomic E-state index is -0.331. The van der Waals surface area contributed by atoms with E-state index in [0.29, 0.717) is 52.1 Å². The number of aromatic hydroxyl groups is 1. The van der Waals surface area contributed by atoms with Gasteiger partial charge in [-0.1, -0.05) is 18.2 Å². The summed E-state index contributed by atoms with van der Waals surface area (Å²) in [6.45, 7) is 2.44. The summed E-state index contributed by atoms with van der Waals surface area (Å²) in [6, 6.07) is 14.1. The molecule has 4 aliphatic carbocycles. The highest BCUT2D eigenvalue weighted by atomic mass is 16.5. The number of aromatic nitrogens is 1. The van der Waals surface area contributed by atoms with Crippen LogP contribution in [0.15, 0.2) is 58.4 Å². The summed E-state index contributed by atoms with van der Waals surface area (Å²) in [6.07, 6.45) is 8.13. The maximum Gasteiger partial charge on any atom is 0.265 e. The van der Waals surface area contributed by atoms with Gasteiger partial charge >= 0.3 is 0 Å². The van der Waals surface area contributed by atoms with Gasteiger partial charge in [0.15, 0.2) is 0 Å². The Balaban J connectivity index is 1.33. The molecule has 4 aliphatic rings. The maximum atomic E-state index is 13.3. The van der Waals surface area contributed by atoms with Crippen LogP contribution in [-0.4, -0.2) is 28.4 Å². The second kappa shape index (κ2) is 8.80. The van der Waals surface area contributed by atoms with Crippen molar-refractivity contribution in [1.29, 1.82) is 0 Å². The number of rotatable bonds is 6. The third kappa shape index (κ3) is 3.77. The summed E-state index contributed by atoms with van der Waals surface area (Å²) in [5.74, 6) is 2.44. The molecule has 7 rings (SSSR count). The predicted octanol–water partition coefficient (Wildman–Crippen LogP) is 4.76. The molecule has 0 aliphatic heterocycles. The van der Waals surface area contributed by atoms with Crippen LogP contribution in [0.1, 0.15) is 51.0 Å². The lowest BCUT2D eigenvalue weighted by Crippen LogP contribution is -2.52. The van der Waals surface area contributed by atoms with E-state index in [1.807, 2.05) is 13.0 Å². The van der Waals surface area contributed by atoms with Gasteiger partial charge in [0.1, 0.15) is 5.75 Å². The van der Waals surface area contributed by atoms with Gasteiger partial charge in [-0.15, -0.1) is 0 Å². The number of pyridine rings is 1. The first-order valence-electron chi connectivity index (χ1n) is 12.9. The Bertz CT molecular complexity index is 1370. The summed E-state index contributed by atoms with van der Waals surface area (Å²) in [5.41, 5.74) is 3.04. The Hall–Kier alpha value is -3.61. The van der Waals surface area contributed by atoms with Crippen molar-refractivity contribution >= 4 is 22.9 Å². The first kappa shape index (κ1) is 22.8. The second-order valence-electron chi connectivity index (χ2n) is 10.7. The molecule has 1 amide bonds. The Morgan fingerprint density at radius 3 is 2.28 bits per heavy atom. The van der Waals surface area contributed by atoms with Gasteiger partial charge in [0.2, 0.25) is 11.8 Å². The van der Waals surface area contributed by atoms with Gasteiger partial charge in [0.25, 0.3) is 5.56 Å². The Morgan fingerprint density at radius 2 is 1.67 bits per heavy atom. The Morgan fingerprint density at radius 1 is 1.06 bits per heavy atom. The van der Waals surface area contributed by atoms with Crippen LogP contribution in [-0.2, 0) is 4.79 Å². The maximum absolute atomic E-state index is 13.3. The molecule has 0 radical (unpaired) electrons. The molecule has 2 aromatic carbocycles. The molecule has 0 saturated heterocycles. The normalized spacial score (nSPS) is 26.5.